The van der Waals surface area contributed by atoms with Crippen LogP contribution >= 0.6 is 0 Å². The maximum Gasteiger partial charge on any atom is 0.106 e. The summed E-state index contributed by atoms with van der Waals surface area (Å²) in [5.41, 5.74) is 2.54. The Morgan fingerprint density at radius 2 is 1.94 bits per heavy atom. The Labute approximate surface area is 109 Å². The molecule has 3 heteroatoms. The molecule has 0 fully saturated rings. The molecule has 0 saturated carbocycles. The summed E-state index contributed by atoms with van der Waals surface area (Å²) < 4.78 is 2.31. The van der Waals surface area contributed by atoms with Gasteiger partial charge < -0.3 is 9.88 Å². The predicted molar refractivity (Wildman–Crippen MR) is 76.8 cm³/mol. The Morgan fingerprint density at radius 1 is 1.22 bits per heavy atom. The third-order valence-electron chi connectivity index (χ3n) is 3.06. The normalized spacial score (nSPS) is 12.2. The van der Waals surface area contributed by atoms with Crippen molar-refractivity contribution < 1.29 is 0 Å². The number of aryl methyl sites for hydroxylation is 2. The number of hydrogen-bond acceptors (Lipinski definition) is 2. The number of para-hydroxylation sites is 2. The molecule has 0 aliphatic carbocycles. The van der Waals surface area contributed by atoms with E-state index in [1.165, 1.54) is 5.52 Å². The molecule has 2 rings (SSSR count). The molecule has 1 N–H and O–H groups in total. The minimum absolute atomic E-state index is 0.200. The summed E-state index contributed by atoms with van der Waals surface area (Å²) in [4.78, 5) is 4.58. The average molecular weight is 245 g/mol. The van der Waals surface area contributed by atoms with Gasteiger partial charge >= 0.3 is 0 Å². The molecule has 0 radical (unpaired) electrons. The Balaban J connectivity index is 2.01. The van der Waals surface area contributed by atoms with Crippen LogP contribution in [0.1, 0.15) is 33.0 Å². The molecule has 0 atom stereocenters. The number of nitrogens with one attached hydrogen (secondary N) is 1. The van der Waals surface area contributed by atoms with Gasteiger partial charge in [-0.2, -0.15) is 0 Å². The van der Waals surface area contributed by atoms with Crippen molar-refractivity contribution in [3.63, 3.8) is 0 Å². The third-order valence-corrected chi connectivity index (χ3v) is 3.06. The van der Waals surface area contributed by atoms with Crippen molar-refractivity contribution in [3.8, 4) is 0 Å². The summed E-state index contributed by atoms with van der Waals surface area (Å²) >= 11 is 0. The van der Waals surface area contributed by atoms with Gasteiger partial charge in [0.15, 0.2) is 0 Å². The second-order valence-corrected chi connectivity index (χ2v) is 5.83. The molecule has 0 aliphatic rings. The quantitative estimate of drug-likeness (QED) is 0.839. The first-order valence-corrected chi connectivity index (χ1v) is 6.64. The van der Waals surface area contributed by atoms with Gasteiger partial charge in [-0.1, -0.05) is 12.1 Å². The molecule has 0 saturated heterocycles. The van der Waals surface area contributed by atoms with E-state index < -0.39 is 0 Å². The van der Waals surface area contributed by atoms with Crippen LogP contribution in [0, 0.1) is 6.92 Å². The second-order valence-electron chi connectivity index (χ2n) is 5.83. The summed E-state index contributed by atoms with van der Waals surface area (Å²) in [6.07, 6.45) is 1.12. The molecule has 98 valence electrons. The van der Waals surface area contributed by atoms with E-state index in [2.05, 4.69) is 60.8 Å². The molecule has 2 aromatic rings. The molecule has 1 heterocycles. The Morgan fingerprint density at radius 3 is 2.67 bits per heavy atom. The Bertz CT molecular complexity index is 520. The number of imidazole rings is 1. The van der Waals surface area contributed by atoms with Crippen LogP contribution in [-0.2, 0) is 6.54 Å². The second kappa shape index (κ2) is 5.11. The molecular weight excluding hydrogens is 222 g/mol. The van der Waals surface area contributed by atoms with Gasteiger partial charge in [0.1, 0.15) is 5.82 Å². The van der Waals surface area contributed by atoms with Crippen molar-refractivity contribution in [3.05, 3.63) is 30.1 Å². The molecular formula is C15H23N3. The number of aromatic nitrogens is 2. The summed E-state index contributed by atoms with van der Waals surface area (Å²) in [5, 5.41) is 3.52. The van der Waals surface area contributed by atoms with Crippen molar-refractivity contribution in [1.82, 2.24) is 14.9 Å². The number of rotatable bonds is 4. The van der Waals surface area contributed by atoms with Gasteiger partial charge in [-0.25, -0.2) is 4.98 Å². The third kappa shape index (κ3) is 3.10. The van der Waals surface area contributed by atoms with E-state index in [0.717, 1.165) is 30.9 Å². The molecule has 3 nitrogen and oxygen atoms in total. The van der Waals surface area contributed by atoms with Gasteiger partial charge in [-0.15, -0.1) is 0 Å². The van der Waals surface area contributed by atoms with Crippen LogP contribution in [0.4, 0.5) is 0 Å². The molecule has 0 bridgehead atoms. The van der Waals surface area contributed by atoms with Gasteiger partial charge in [0, 0.05) is 12.1 Å². The predicted octanol–water partition coefficient (Wildman–Crippen LogP) is 3.12. The molecule has 0 amide bonds. The largest absolute Gasteiger partial charge is 0.328 e. The van der Waals surface area contributed by atoms with E-state index in [1.807, 2.05) is 6.07 Å². The zero-order chi connectivity index (χ0) is 13.2. The van der Waals surface area contributed by atoms with Gasteiger partial charge in [-0.05, 0) is 52.8 Å². The van der Waals surface area contributed by atoms with E-state index in [9.17, 15) is 0 Å². The summed E-state index contributed by atoms with van der Waals surface area (Å²) in [6, 6.07) is 8.34. The van der Waals surface area contributed by atoms with Gasteiger partial charge in [0.2, 0.25) is 0 Å². The van der Waals surface area contributed by atoms with Crippen molar-refractivity contribution in [2.75, 3.05) is 6.54 Å². The van der Waals surface area contributed by atoms with Gasteiger partial charge in [0.25, 0.3) is 0 Å². The van der Waals surface area contributed by atoms with E-state index in [4.69, 9.17) is 0 Å². The molecule has 18 heavy (non-hydrogen) atoms. The molecule has 0 spiro atoms. The highest BCUT2D eigenvalue weighted by molar-refractivity contribution is 5.75. The molecule has 0 unspecified atom stereocenters. The van der Waals surface area contributed by atoms with Crippen LogP contribution in [0.25, 0.3) is 11.0 Å². The summed E-state index contributed by atoms with van der Waals surface area (Å²) in [7, 11) is 0. The van der Waals surface area contributed by atoms with Gasteiger partial charge in [0.05, 0.1) is 11.0 Å². The lowest BCUT2D eigenvalue weighted by molar-refractivity contribution is 0.414. The zero-order valence-electron chi connectivity index (χ0n) is 11.8. The summed E-state index contributed by atoms with van der Waals surface area (Å²) in [6.45, 7) is 10.7. The van der Waals surface area contributed by atoms with Crippen molar-refractivity contribution in [2.24, 2.45) is 0 Å². The minimum atomic E-state index is 0.200. The Kier molecular flexibility index (Phi) is 3.71. The fourth-order valence-electron chi connectivity index (χ4n) is 2.18. The summed E-state index contributed by atoms with van der Waals surface area (Å²) in [5.74, 6) is 1.10. The fraction of sp³-hybridized carbons (Fsp3) is 0.533. The first-order chi connectivity index (χ1) is 8.47. The van der Waals surface area contributed by atoms with Crippen molar-refractivity contribution in [2.45, 2.75) is 46.2 Å². The van der Waals surface area contributed by atoms with Crippen LogP contribution in [0.15, 0.2) is 24.3 Å². The number of benzene rings is 1. The first-order valence-electron chi connectivity index (χ1n) is 6.64. The highest BCUT2D eigenvalue weighted by atomic mass is 15.1. The van der Waals surface area contributed by atoms with E-state index in [1.54, 1.807) is 0 Å². The smallest absolute Gasteiger partial charge is 0.106 e. The van der Waals surface area contributed by atoms with Crippen molar-refractivity contribution in [1.29, 1.82) is 0 Å². The Hall–Kier alpha value is -1.35. The van der Waals surface area contributed by atoms with Gasteiger partial charge in [-0.3, -0.25) is 0 Å². The average Bonchev–Trinajstić information content (AvgIpc) is 2.59. The maximum absolute atomic E-state index is 4.58. The van der Waals surface area contributed by atoms with Crippen LogP contribution in [-0.4, -0.2) is 21.6 Å². The highest BCUT2D eigenvalue weighted by Gasteiger charge is 2.09. The lowest BCUT2D eigenvalue weighted by Gasteiger charge is -2.20. The lowest BCUT2D eigenvalue weighted by Crippen LogP contribution is -2.36. The van der Waals surface area contributed by atoms with Crippen LogP contribution in [0.3, 0.4) is 0 Å². The van der Waals surface area contributed by atoms with Crippen LogP contribution in [0.2, 0.25) is 0 Å². The minimum Gasteiger partial charge on any atom is -0.328 e. The molecule has 0 aliphatic heterocycles. The van der Waals surface area contributed by atoms with Crippen LogP contribution < -0.4 is 5.32 Å². The number of fused-ring (bicyclic) bond motifs is 1. The number of nitrogens with zero attached hydrogens (tertiary/aromatic N) is 2. The monoisotopic (exact) mass is 245 g/mol. The van der Waals surface area contributed by atoms with Crippen molar-refractivity contribution >= 4 is 11.0 Å². The topological polar surface area (TPSA) is 29.9 Å². The molecule has 1 aromatic carbocycles. The maximum atomic E-state index is 4.58. The van der Waals surface area contributed by atoms with E-state index in [-0.39, 0.29) is 5.54 Å². The van der Waals surface area contributed by atoms with Crippen LogP contribution in [0.5, 0.6) is 0 Å². The fourth-order valence-corrected chi connectivity index (χ4v) is 2.18. The number of hydrogen-bond donors (Lipinski definition) is 1. The van der Waals surface area contributed by atoms with E-state index >= 15 is 0 Å². The standard InChI is InChI=1S/C15H23N3/c1-12-17-13-8-5-6-9-14(13)18(12)11-7-10-16-15(2,3)4/h5-6,8-9,16H,7,10-11H2,1-4H3. The highest BCUT2D eigenvalue weighted by Crippen LogP contribution is 2.15. The molecule has 1 aromatic heterocycles. The zero-order valence-corrected chi connectivity index (χ0v) is 11.8. The van der Waals surface area contributed by atoms with E-state index in [0.29, 0.717) is 0 Å². The lowest BCUT2D eigenvalue weighted by atomic mass is 10.1. The first kappa shape index (κ1) is 13.1. The SMILES string of the molecule is Cc1nc2ccccc2n1CCCNC(C)(C)C.